The third kappa shape index (κ3) is 1.85. The molecule has 0 spiro atoms. The first-order valence-electron chi connectivity index (χ1n) is 4.55. The lowest BCUT2D eigenvalue weighted by atomic mass is 9.88. The summed E-state index contributed by atoms with van der Waals surface area (Å²) in [6.45, 7) is 1.68. The lowest BCUT2D eigenvalue weighted by Crippen LogP contribution is -2.19. The zero-order valence-corrected chi connectivity index (χ0v) is 7.94. The second-order valence-corrected chi connectivity index (χ2v) is 3.24. The number of aromatic nitrogens is 1. The molecule has 14 heavy (non-hydrogen) atoms. The molecule has 0 aliphatic rings. The Balaban J connectivity index is 2.41. The summed E-state index contributed by atoms with van der Waals surface area (Å²) in [7, 11) is -0.557. The topological polar surface area (TPSA) is 45.1 Å². The quantitative estimate of drug-likeness (QED) is 0.702. The monoisotopic (exact) mass is 186 g/mol. The molecule has 1 heterocycles. The van der Waals surface area contributed by atoms with Gasteiger partial charge in [0.25, 0.3) is 0 Å². The highest BCUT2D eigenvalue weighted by Crippen LogP contribution is 2.15. The molecule has 0 radical (unpaired) electrons. The number of benzene rings is 1. The van der Waals surface area contributed by atoms with Gasteiger partial charge in [-0.3, -0.25) is 4.98 Å². The molecule has 1 aromatic carbocycles. The highest BCUT2D eigenvalue weighted by Gasteiger charge is 2.03. The minimum absolute atomic E-state index is 0.557. The third-order valence-electron chi connectivity index (χ3n) is 1.97. The highest BCUT2D eigenvalue weighted by atomic mass is 16.2. The van der Waals surface area contributed by atoms with Gasteiger partial charge < -0.3 is 10.3 Å². The van der Waals surface area contributed by atoms with Crippen LogP contribution in [0, 0.1) is 0 Å². The predicted molar refractivity (Wildman–Crippen MR) is 59.2 cm³/mol. The second-order valence-electron chi connectivity index (χ2n) is 3.24. The molecule has 70 valence electrons. The van der Waals surface area contributed by atoms with E-state index in [9.17, 15) is 0 Å². The molecule has 0 aliphatic heterocycles. The van der Waals surface area contributed by atoms with Crippen molar-refractivity contribution >= 4 is 23.6 Å². The predicted octanol–water partition coefficient (Wildman–Crippen LogP) is 1.76. The Bertz CT molecular complexity index is 445. The summed E-state index contributed by atoms with van der Waals surface area (Å²) in [5, 5.41) is 13.1. The summed E-state index contributed by atoms with van der Waals surface area (Å²) < 4.78 is 0. The van der Waals surface area contributed by atoms with Gasteiger partial charge in [-0.25, -0.2) is 0 Å². The van der Waals surface area contributed by atoms with Crippen LogP contribution in [0.1, 0.15) is 0 Å². The molecular weight excluding hydrogens is 175 g/mol. The number of para-hydroxylation sites is 1. The zero-order chi connectivity index (χ0) is 9.97. The molecule has 2 aromatic rings. The lowest BCUT2D eigenvalue weighted by molar-refractivity contribution is 0.587. The van der Waals surface area contributed by atoms with Gasteiger partial charge in [-0.2, -0.15) is 0 Å². The number of hydrogen-bond donors (Lipinski definition) is 2. The third-order valence-corrected chi connectivity index (χ3v) is 1.97. The number of fused-ring (bicyclic) bond motifs is 1. The fraction of sp³-hybridized carbons (Fsp3) is 0.100. The molecule has 2 rings (SSSR count). The number of rotatable bonds is 2. The Hall–Kier alpha value is -1.55. The first-order valence-corrected chi connectivity index (χ1v) is 4.55. The van der Waals surface area contributed by atoms with Crippen molar-refractivity contribution in [2.45, 2.75) is 6.82 Å². The van der Waals surface area contributed by atoms with E-state index in [1.807, 2.05) is 30.3 Å². The van der Waals surface area contributed by atoms with Crippen LogP contribution in [0.5, 0.6) is 0 Å². The molecule has 4 heteroatoms. The van der Waals surface area contributed by atoms with E-state index in [0.29, 0.717) is 0 Å². The van der Waals surface area contributed by atoms with Crippen LogP contribution in [0.3, 0.4) is 0 Å². The van der Waals surface area contributed by atoms with Crippen LogP contribution < -0.4 is 5.23 Å². The number of nitrogens with one attached hydrogen (secondary N) is 1. The standard InChI is InChI=1S/C10H11BN2O/c1-11(14)13-9-6-8-4-2-3-5-10(8)12-7-9/h2-7,13-14H,1H3. The van der Waals surface area contributed by atoms with Crippen LogP contribution in [0.15, 0.2) is 36.5 Å². The second kappa shape index (κ2) is 3.68. The van der Waals surface area contributed by atoms with E-state index in [1.165, 1.54) is 0 Å². The van der Waals surface area contributed by atoms with E-state index >= 15 is 0 Å². The summed E-state index contributed by atoms with van der Waals surface area (Å²) in [4.78, 5) is 4.26. The summed E-state index contributed by atoms with van der Waals surface area (Å²) in [5.41, 5.74) is 1.79. The van der Waals surface area contributed by atoms with E-state index in [-0.39, 0.29) is 0 Å². The molecular formula is C10H11BN2O. The van der Waals surface area contributed by atoms with E-state index in [2.05, 4.69) is 10.2 Å². The van der Waals surface area contributed by atoms with E-state index in [1.54, 1.807) is 13.0 Å². The van der Waals surface area contributed by atoms with E-state index in [4.69, 9.17) is 5.02 Å². The van der Waals surface area contributed by atoms with Gasteiger partial charge in [-0.05, 0) is 19.0 Å². The molecule has 0 amide bonds. The average molecular weight is 186 g/mol. The van der Waals surface area contributed by atoms with Gasteiger partial charge >= 0.3 is 7.05 Å². The number of hydrogen-bond acceptors (Lipinski definition) is 3. The van der Waals surface area contributed by atoms with Crippen LogP contribution in [-0.4, -0.2) is 17.1 Å². The lowest BCUT2D eigenvalue weighted by Gasteiger charge is -2.06. The van der Waals surface area contributed by atoms with Gasteiger partial charge in [-0.1, -0.05) is 18.2 Å². The molecule has 0 unspecified atom stereocenters. The van der Waals surface area contributed by atoms with Crippen molar-refractivity contribution in [3.8, 4) is 0 Å². The smallest absolute Gasteiger partial charge is 0.406 e. The average Bonchev–Trinajstić information content (AvgIpc) is 2.17. The Labute approximate surface area is 82.9 Å². The molecule has 0 saturated carbocycles. The van der Waals surface area contributed by atoms with Crippen LogP contribution in [0.25, 0.3) is 10.9 Å². The summed E-state index contributed by atoms with van der Waals surface area (Å²) in [6.07, 6.45) is 1.72. The van der Waals surface area contributed by atoms with Gasteiger partial charge in [0.15, 0.2) is 0 Å². The highest BCUT2D eigenvalue weighted by molar-refractivity contribution is 6.52. The fourth-order valence-corrected chi connectivity index (χ4v) is 1.39. The Morgan fingerprint density at radius 3 is 2.93 bits per heavy atom. The van der Waals surface area contributed by atoms with Gasteiger partial charge in [-0.15, -0.1) is 0 Å². The van der Waals surface area contributed by atoms with Crippen molar-refractivity contribution in [3.05, 3.63) is 36.5 Å². The van der Waals surface area contributed by atoms with Gasteiger partial charge in [0, 0.05) is 17.3 Å². The van der Waals surface area contributed by atoms with Crippen LogP contribution >= 0.6 is 0 Å². The molecule has 3 nitrogen and oxygen atoms in total. The molecule has 0 bridgehead atoms. The maximum atomic E-state index is 9.14. The minimum atomic E-state index is -0.557. The normalized spacial score (nSPS) is 10.1. The molecule has 0 atom stereocenters. The van der Waals surface area contributed by atoms with E-state index < -0.39 is 7.05 Å². The minimum Gasteiger partial charge on any atom is -0.433 e. The van der Waals surface area contributed by atoms with Gasteiger partial charge in [0.1, 0.15) is 0 Å². The van der Waals surface area contributed by atoms with Crippen molar-refractivity contribution in [2.75, 3.05) is 5.23 Å². The van der Waals surface area contributed by atoms with Crippen molar-refractivity contribution in [2.24, 2.45) is 0 Å². The van der Waals surface area contributed by atoms with Crippen LogP contribution in [-0.2, 0) is 0 Å². The maximum absolute atomic E-state index is 9.14. The van der Waals surface area contributed by atoms with E-state index in [0.717, 1.165) is 16.6 Å². The molecule has 0 aliphatic carbocycles. The first-order chi connectivity index (χ1) is 6.75. The van der Waals surface area contributed by atoms with Gasteiger partial charge in [0.05, 0.1) is 5.52 Å². The van der Waals surface area contributed by atoms with Gasteiger partial charge in [0.2, 0.25) is 0 Å². The first kappa shape index (κ1) is 9.03. The Morgan fingerprint density at radius 2 is 2.14 bits per heavy atom. The molecule has 0 fully saturated rings. The molecule has 0 saturated heterocycles. The Kier molecular flexibility index (Phi) is 2.37. The molecule has 1 aromatic heterocycles. The summed E-state index contributed by atoms with van der Waals surface area (Å²) >= 11 is 0. The summed E-state index contributed by atoms with van der Waals surface area (Å²) in [5.74, 6) is 0. The number of pyridine rings is 1. The maximum Gasteiger partial charge on any atom is 0.406 e. The van der Waals surface area contributed by atoms with Crippen LogP contribution in [0.4, 0.5) is 5.69 Å². The zero-order valence-electron chi connectivity index (χ0n) is 7.94. The SMILES string of the molecule is CB(O)Nc1cnc2ccccc2c1. The van der Waals surface area contributed by atoms with Crippen molar-refractivity contribution in [1.82, 2.24) is 4.98 Å². The van der Waals surface area contributed by atoms with Crippen molar-refractivity contribution in [3.63, 3.8) is 0 Å². The largest absolute Gasteiger partial charge is 0.433 e. The number of nitrogens with zero attached hydrogens (tertiary/aromatic N) is 1. The van der Waals surface area contributed by atoms with Crippen LogP contribution in [0.2, 0.25) is 6.82 Å². The van der Waals surface area contributed by atoms with Crippen molar-refractivity contribution in [1.29, 1.82) is 0 Å². The fourth-order valence-electron chi connectivity index (χ4n) is 1.39. The Morgan fingerprint density at radius 1 is 1.36 bits per heavy atom. The number of anilines is 1. The van der Waals surface area contributed by atoms with Crippen molar-refractivity contribution < 1.29 is 5.02 Å². The summed E-state index contributed by atoms with van der Waals surface area (Å²) in [6, 6.07) is 9.85. The molecule has 2 N–H and O–H groups in total.